The summed E-state index contributed by atoms with van der Waals surface area (Å²) in [6.07, 6.45) is 9.76. The highest BCUT2D eigenvalue weighted by atomic mass is 16.5. The fourth-order valence-corrected chi connectivity index (χ4v) is 8.99. The van der Waals surface area contributed by atoms with Gasteiger partial charge in [0.1, 0.15) is 11.9 Å². The van der Waals surface area contributed by atoms with Crippen molar-refractivity contribution < 1.29 is 19.1 Å². The van der Waals surface area contributed by atoms with Gasteiger partial charge in [0.25, 0.3) is 0 Å². The predicted octanol–water partition coefficient (Wildman–Crippen LogP) is 4.90. The minimum Gasteiger partial charge on any atom is -0.463 e. The molecule has 0 aromatic carbocycles. The lowest BCUT2D eigenvalue weighted by Gasteiger charge is -2.60. The van der Waals surface area contributed by atoms with Crippen LogP contribution in [-0.4, -0.2) is 23.6 Å². The largest absolute Gasteiger partial charge is 0.463 e. The zero-order chi connectivity index (χ0) is 21.4. The normalized spacial score (nSPS) is 50.0. The highest BCUT2D eigenvalue weighted by Gasteiger charge is 2.67. The Hall–Kier alpha value is -1.45. The molecule has 4 nitrogen and oxygen atoms in total. The van der Waals surface area contributed by atoms with Crippen LogP contribution in [-0.2, 0) is 19.1 Å². The number of hydrogen-bond donors (Lipinski definition) is 0. The summed E-state index contributed by atoms with van der Waals surface area (Å²) in [4.78, 5) is 38.2. The Bertz CT molecular complexity index is 827. The molecule has 0 radical (unpaired) electrons. The fourth-order valence-electron chi connectivity index (χ4n) is 8.99. The lowest BCUT2D eigenvalue weighted by Crippen LogP contribution is -2.57. The summed E-state index contributed by atoms with van der Waals surface area (Å²) in [6.45, 7) is 8.12. The van der Waals surface area contributed by atoms with Crippen LogP contribution in [0.15, 0.2) is 11.6 Å². The maximum absolute atomic E-state index is 13.7. The molecule has 0 aromatic rings. The summed E-state index contributed by atoms with van der Waals surface area (Å²) in [6, 6.07) is 0. The van der Waals surface area contributed by atoms with Crippen LogP contribution < -0.4 is 0 Å². The van der Waals surface area contributed by atoms with Crippen LogP contribution in [0.2, 0.25) is 0 Å². The number of Topliss-reactive ketones (excluding diaryl/α,β-unsaturated/α-hetero) is 1. The Morgan fingerprint density at radius 1 is 1.07 bits per heavy atom. The van der Waals surface area contributed by atoms with Gasteiger partial charge in [-0.3, -0.25) is 14.4 Å². The second-order valence-electron chi connectivity index (χ2n) is 11.6. The van der Waals surface area contributed by atoms with Crippen LogP contribution in [0.4, 0.5) is 0 Å². The maximum Gasteiger partial charge on any atom is 0.302 e. The molecule has 30 heavy (non-hydrogen) atoms. The van der Waals surface area contributed by atoms with Crippen molar-refractivity contribution >= 4 is 17.5 Å². The summed E-state index contributed by atoms with van der Waals surface area (Å²) < 4.78 is 5.56. The predicted molar refractivity (Wildman–Crippen MR) is 113 cm³/mol. The molecule has 0 unspecified atom stereocenters. The van der Waals surface area contributed by atoms with Crippen molar-refractivity contribution in [3.8, 4) is 0 Å². The lowest BCUT2D eigenvalue weighted by molar-refractivity contribution is -0.167. The van der Waals surface area contributed by atoms with Gasteiger partial charge in [0.05, 0.1) is 0 Å². The lowest BCUT2D eigenvalue weighted by atomic mass is 9.44. The molecule has 0 heterocycles. The average Bonchev–Trinajstić information content (AvgIpc) is 2.96. The molecule has 0 spiro atoms. The van der Waals surface area contributed by atoms with Crippen LogP contribution in [0.25, 0.3) is 0 Å². The van der Waals surface area contributed by atoms with Gasteiger partial charge in [0, 0.05) is 24.7 Å². The summed E-state index contributed by atoms with van der Waals surface area (Å²) >= 11 is 0. The van der Waals surface area contributed by atoms with Crippen molar-refractivity contribution in [2.24, 2.45) is 46.3 Å². The number of ketones is 2. The first-order chi connectivity index (χ1) is 14.1. The third kappa shape index (κ3) is 2.74. The molecule has 9 atom stereocenters. The van der Waals surface area contributed by atoms with Gasteiger partial charge >= 0.3 is 5.97 Å². The molecule has 0 aromatic heterocycles. The van der Waals surface area contributed by atoms with E-state index in [-0.39, 0.29) is 29.2 Å². The molecule has 4 saturated carbocycles. The van der Waals surface area contributed by atoms with Crippen LogP contribution in [0.5, 0.6) is 0 Å². The highest BCUT2D eigenvalue weighted by Crippen LogP contribution is 2.68. The van der Waals surface area contributed by atoms with E-state index in [9.17, 15) is 14.4 Å². The summed E-state index contributed by atoms with van der Waals surface area (Å²) in [7, 11) is 0. The quantitative estimate of drug-likeness (QED) is 0.575. The van der Waals surface area contributed by atoms with Gasteiger partial charge in [-0.1, -0.05) is 19.4 Å². The van der Waals surface area contributed by atoms with Gasteiger partial charge in [-0.15, -0.1) is 0 Å². The molecule has 0 aliphatic heterocycles. The van der Waals surface area contributed by atoms with Crippen molar-refractivity contribution in [1.29, 1.82) is 0 Å². The molecule has 5 aliphatic carbocycles. The smallest absolute Gasteiger partial charge is 0.302 e. The molecule has 5 aliphatic rings. The third-order valence-corrected chi connectivity index (χ3v) is 10.3. The van der Waals surface area contributed by atoms with Crippen LogP contribution in [0, 0.1) is 46.3 Å². The van der Waals surface area contributed by atoms with Crippen molar-refractivity contribution in [2.75, 3.05) is 0 Å². The molecule has 0 amide bonds. The standard InChI is InChI=1S/C26H36O4/c1-14-9-16-11-21-19-6-5-17-12-18(30-15(2)27)7-8-25(17,3)20(19)13-23(29)26(21,4)24(16)22(28)10-14/h10,16-21,24H,5-9,11-13H2,1-4H3/t16-,17+,18+,19+,20-,21-,24-,25+,26+/m1/s1. The van der Waals surface area contributed by atoms with E-state index in [4.69, 9.17) is 4.74 Å². The maximum atomic E-state index is 13.7. The van der Waals surface area contributed by atoms with Gasteiger partial charge in [-0.2, -0.15) is 0 Å². The number of esters is 1. The minimum absolute atomic E-state index is 0.0442. The SMILES string of the molecule is CC(=O)O[C@H]1CC[C@@]2(C)[C@@H](CC[C@H]3[C@H]2CC(=O)[C@]2(C)[C@@H]3C[C@H]3CC(C)=CC(=O)[C@@H]32)C1. The number of hydrogen-bond acceptors (Lipinski definition) is 4. The monoisotopic (exact) mass is 412 g/mol. The number of rotatable bonds is 1. The topological polar surface area (TPSA) is 60.4 Å². The Morgan fingerprint density at radius 2 is 1.83 bits per heavy atom. The van der Waals surface area contributed by atoms with Crippen molar-refractivity contribution in [1.82, 2.24) is 0 Å². The van der Waals surface area contributed by atoms with Gasteiger partial charge in [-0.25, -0.2) is 0 Å². The molecular formula is C26H36O4. The average molecular weight is 413 g/mol. The van der Waals surface area contributed by atoms with Crippen molar-refractivity contribution in [3.05, 3.63) is 11.6 Å². The summed E-state index contributed by atoms with van der Waals surface area (Å²) in [5, 5.41) is 0. The Labute approximate surface area is 180 Å². The van der Waals surface area contributed by atoms with Gasteiger partial charge < -0.3 is 4.74 Å². The Balaban J connectivity index is 1.43. The molecule has 0 saturated heterocycles. The van der Waals surface area contributed by atoms with Gasteiger partial charge in [0.2, 0.25) is 0 Å². The number of carbonyl (C=O) groups is 3. The molecule has 0 N–H and O–H groups in total. The van der Waals surface area contributed by atoms with Crippen LogP contribution in [0.3, 0.4) is 0 Å². The first kappa shape index (κ1) is 20.5. The third-order valence-electron chi connectivity index (χ3n) is 10.3. The second kappa shape index (κ2) is 6.77. The first-order valence-electron chi connectivity index (χ1n) is 12.1. The number of ether oxygens (including phenoxy) is 1. The van der Waals surface area contributed by atoms with Gasteiger partial charge in [0.15, 0.2) is 5.78 Å². The molecule has 4 heteroatoms. The summed E-state index contributed by atoms with van der Waals surface area (Å²) in [5.74, 6) is 2.50. The number of fused-ring (bicyclic) bond motifs is 7. The van der Waals surface area contributed by atoms with Crippen LogP contribution in [0.1, 0.15) is 79.1 Å². The van der Waals surface area contributed by atoms with E-state index in [0.717, 1.165) is 44.9 Å². The highest BCUT2D eigenvalue weighted by molar-refractivity contribution is 6.00. The van der Waals surface area contributed by atoms with E-state index >= 15 is 0 Å². The number of allylic oxidation sites excluding steroid dienone is 2. The zero-order valence-corrected chi connectivity index (χ0v) is 18.9. The molecule has 4 fully saturated rings. The minimum atomic E-state index is -0.460. The van der Waals surface area contributed by atoms with Gasteiger partial charge in [-0.05, 0) is 93.0 Å². The van der Waals surface area contributed by atoms with E-state index in [0.29, 0.717) is 41.8 Å². The Morgan fingerprint density at radius 3 is 2.57 bits per heavy atom. The molecule has 0 bridgehead atoms. The Kier molecular flexibility index (Phi) is 4.62. The van der Waals surface area contributed by atoms with Crippen molar-refractivity contribution in [3.63, 3.8) is 0 Å². The first-order valence-corrected chi connectivity index (χ1v) is 12.1. The molecule has 164 valence electrons. The van der Waals surface area contributed by atoms with E-state index in [1.807, 2.05) is 6.08 Å². The fraction of sp³-hybridized carbons (Fsp3) is 0.808. The molecular weight excluding hydrogens is 376 g/mol. The van der Waals surface area contributed by atoms with E-state index in [1.165, 1.54) is 12.5 Å². The summed E-state index contributed by atoms with van der Waals surface area (Å²) in [5.41, 5.74) is 0.882. The van der Waals surface area contributed by atoms with Crippen molar-refractivity contribution in [2.45, 2.75) is 85.2 Å². The van der Waals surface area contributed by atoms with E-state index < -0.39 is 5.41 Å². The van der Waals surface area contributed by atoms with E-state index in [2.05, 4.69) is 20.8 Å². The second-order valence-corrected chi connectivity index (χ2v) is 11.6. The van der Waals surface area contributed by atoms with E-state index in [1.54, 1.807) is 0 Å². The molecule has 5 rings (SSSR count). The number of carbonyl (C=O) groups excluding carboxylic acids is 3. The zero-order valence-electron chi connectivity index (χ0n) is 18.9. The van der Waals surface area contributed by atoms with Crippen LogP contribution >= 0.6 is 0 Å².